The van der Waals surface area contributed by atoms with Crippen molar-refractivity contribution in [3.05, 3.63) is 0 Å². The summed E-state index contributed by atoms with van der Waals surface area (Å²) in [6.07, 6.45) is 5.48. The molecule has 1 heterocycles. The first-order valence-corrected chi connectivity index (χ1v) is 5.96. The molecule has 1 unspecified atom stereocenters. The van der Waals surface area contributed by atoms with Crippen LogP contribution in [0.3, 0.4) is 0 Å². The van der Waals surface area contributed by atoms with Gasteiger partial charge in [-0.05, 0) is 38.1 Å². The van der Waals surface area contributed by atoms with E-state index in [0.717, 1.165) is 18.0 Å². The van der Waals surface area contributed by atoms with Gasteiger partial charge in [0, 0.05) is 12.1 Å². The highest BCUT2D eigenvalue weighted by Crippen LogP contribution is 2.27. The second-order valence-corrected chi connectivity index (χ2v) is 4.66. The molecule has 78 valence electrons. The predicted molar refractivity (Wildman–Crippen MR) is 58.9 cm³/mol. The van der Waals surface area contributed by atoms with Crippen LogP contribution in [0.5, 0.6) is 0 Å². The molecule has 0 radical (unpaired) electrons. The highest BCUT2D eigenvalue weighted by atomic mass is 15.2. The summed E-state index contributed by atoms with van der Waals surface area (Å²) in [4.78, 5) is 2.75. The molecule has 1 aliphatic rings. The van der Waals surface area contributed by atoms with E-state index in [2.05, 4.69) is 32.6 Å². The molecule has 0 aromatic carbocycles. The van der Waals surface area contributed by atoms with E-state index in [9.17, 15) is 0 Å². The van der Waals surface area contributed by atoms with E-state index in [1.54, 1.807) is 0 Å². The van der Waals surface area contributed by atoms with Gasteiger partial charge in [0.2, 0.25) is 0 Å². The zero-order valence-electron chi connectivity index (χ0n) is 9.71. The molecule has 1 heteroatoms. The van der Waals surface area contributed by atoms with Gasteiger partial charge in [0.1, 0.15) is 0 Å². The molecule has 0 bridgehead atoms. The third kappa shape index (κ3) is 2.46. The van der Waals surface area contributed by atoms with Crippen LogP contribution in [0.1, 0.15) is 53.4 Å². The maximum Gasteiger partial charge on any atom is 0.0122 e. The summed E-state index contributed by atoms with van der Waals surface area (Å²) in [6, 6.07) is 1.71. The smallest absolute Gasteiger partial charge is 0.0122 e. The summed E-state index contributed by atoms with van der Waals surface area (Å²) in [6.45, 7) is 10.7. The van der Waals surface area contributed by atoms with Gasteiger partial charge < -0.3 is 0 Å². The summed E-state index contributed by atoms with van der Waals surface area (Å²) in [5.41, 5.74) is 0. The Balaban J connectivity index is 2.55. The van der Waals surface area contributed by atoms with Crippen LogP contribution in [-0.4, -0.2) is 23.5 Å². The number of likely N-dealkylation sites (tertiary alicyclic amines) is 1. The van der Waals surface area contributed by atoms with Gasteiger partial charge in [-0.3, -0.25) is 4.90 Å². The number of hydrogen-bond acceptors (Lipinski definition) is 1. The van der Waals surface area contributed by atoms with Crippen molar-refractivity contribution in [1.82, 2.24) is 4.90 Å². The molecule has 1 fully saturated rings. The van der Waals surface area contributed by atoms with Gasteiger partial charge in [-0.15, -0.1) is 0 Å². The monoisotopic (exact) mass is 183 g/mol. The predicted octanol–water partition coefficient (Wildman–Crippen LogP) is 3.30. The summed E-state index contributed by atoms with van der Waals surface area (Å²) >= 11 is 0. The summed E-state index contributed by atoms with van der Waals surface area (Å²) in [5, 5.41) is 0. The van der Waals surface area contributed by atoms with Crippen molar-refractivity contribution in [2.75, 3.05) is 6.54 Å². The topological polar surface area (TPSA) is 3.24 Å². The zero-order valence-corrected chi connectivity index (χ0v) is 9.71. The Morgan fingerprint density at radius 2 is 1.85 bits per heavy atom. The fourth-order valence-electron chi connectivity index (χ4n) is 2.74. The Kier molecular flexibility index (Phi) is 4.24. The van der Waals surface area contributed by atoms with Crippen LogP contribution in [-0.2, 0) is 0 Å². The molecule has 0 N–H and O–H groups in total. The lowest BCUT2D eigenvalue weighted by Crippen LogP contribution is -2.40. The molecule has 1 saturated heterocycles. The summed E-state index contributed by atoms with van der Waals surface area (Å²) < 4.78 is 0. The lowest BCUT2D eigenvalue weighted by atomic mass is 9.99. The van der Waals surface area contributed by atoms with E-state index in [0.29, 0.717) is 0 Å². The fraction of sp³-hybridized carbons (Fsp3) is 1.00. The Labute approximate surface area is 83.5 Å². The molecular weight excluding hydrogens is 158 g/mol. The van der Waals surface area contributed by atoms with Crippen molar-refractivity contribution in [3.8, 4) is 0 Å². The van der Waals surface area contributed by atoms with Crippen molar-refractivity contribution in [3.63, 3.8) is 0 Å². The third-order valence-corrected chi connectivity index (χ3v) is 3.52. The van der Waals surface area contributed by atoms with Crippen molar-refractivity contribution in [2.24, 2.45) is 5.92 Å². The molecule has 0 aromatic heterocycles. The van der Waals surface area contributed by atoms with Crippen LogP contribution in [0.15, 0.2) is 0 Å². The maximum absolute atomic E-state index is 2.75. The normalized spacial score (nSPS) is 24.9. The molecule has 1 aliphatic heterocycles. The first-order chi connectivity index (χ1) is 6.20. The van der Waals surface area contributed by atoms with Crippen LogP contribution < -0.4 is 0 Å². The Bertz CT molecular complexity index is 138. The van der Waals surface area contributed by atoms with E-state index in [4.69, 9.17) is 0 Å². The minimum atomic E-state index is 0.836. The minimum Gasteiger partial charge on any atom is -0.297 e. The van der Waals surface area contributed by atoms with Crippen LogP contribution in [0.4, 0.5) is 0 Å². The lowest BCUT2D eigenvalue weighted by molar-refractivity contribution is 0.138. The third-order valence-electron chi connectivity index (χ3n) is 3.52. The Hall–Kier alpha value is -0.0400. The van der Waals surface area contributed by atoms with Crippen molar-refractivity contribution in [1.29, 1.82) is 0 Å². The van der Waals surface area contributed by atoms with Crippen molar-refractivity contribution < 1.29 is 0 Å². The summed E-state index contributed by atoms with van der Waals surface area (Å²) in [5.74, 6) is 0.836. The average Bonchev–Trinajstić information content (AvgIpc) is 2.55. The SMILES string of the molecule is CCC(CC)N1CCCC1C(C)C. The molecule has 0 amide bonds. The first-order valence-electron chi connectivity index (χ1n) is 5.96. The van der Waals surface area contributed by atoms with Gasteiger partial charge in [0.15, 0.2) is 0 Å². The van der Waals surface area contributed by atoms with Gasteiger partial charge in [0.05, 0.1) is 0 Å². The van der Waals surface area contributed by atoms with Gasteiger partial charge in [-0.2, -0.15) is 0 Å². The summed E-state index contributed by atoms with van der Waals surface area (Å²) in [7, 11) is 0. The first kappa shape index (κ1) is 11.0. The van der Waals surface area contributed by atoms with E-state index in [1.807, 2.05) is 0 Å². The molecule has 13 heavy (non-hydrogen) atoms. The highest BCUT2D eigenvalue weighted by molar-refractivity contribution is 4.85. The molecule has 0 aromatic rings. The quantitative estimate of drug-likeness (QED) is 0.646. The molecule has 0 spiro atoms. The highest BCUT2D eigenvalue weighted by Gasteiger charge is 2.30. The Morgan fingerprint density at radius 3 is 2.31 bits per heavy atom. The number of nitrogens with zero attached hydrogens (tertiary/aromatic N) is 1. The fourth-order valence-corrected chi connectivity index (χ4v) is 2.74. The van der Waals surface area contributed by atoms with E-state index < -0.39 is 0 Å². The van der Waals surface area contributed by atoms with Crippen LogP contribution in [0.25, 0.3) is 0 Å². The van der Waals surface area contributed by atoms with E-state index in [-0.39, 0.29) is 0 Å². The molecule has 1 rings (SSSR count). The largest absolute Gasteiger partial charge is 0.297 e. The standard InChI is InChI=1S/C12H25N/c1-5-11(6-2)13-9-7-8-12(13)10(3)4/h10-12H,5-9H2,1-4H3. The zero-order chi connectivity index (χ0) is 9.84. The van der Waals surface area contributed by atoms with Crippen molar-refractivity contribution >= 4 is 0 Å². The average molecular weight is 183 g/mol. The van der Waals surface area contributed by atoms with E-state index >= 15 is 0 Å². The van der Waals surface area contributed by atoms with Crippen LogP contribution in [0, 0.1) is 5.92 Å². The van der Waals surface area contributed by atoms with Crippen LogP contribution >= 0.6 is 0 Å². The van der Waals surface area contributed by atoms with Gasteiger partial charge >= 0.3 is 0 Å². The van der Waals surface area contributed by atoms with E-state index in [1.165, 1.54) is 32.2 Å². The number of rotatable bonds is 4. The van der Waals surface area contributed by atoms with Crippen molar-refractivity contribution in [2.45, 2.75) is 65.5 Å². The molecule has 0 aliphatic carbocycles. The number of hydrogen-bond donors (Lipinski definition) is 0. The second-order valence-electron chi connectivity index (χ2n) is 4.66. The van der Waals surface area contributed by atoms with Gasteiger partial charge in [-0.25, -0.2) is 0 Å². The molecular formula is C12H25N. The minimum absolute atomic E-state index is 0.836. The lowest BCUT2D eigenvalue weighted by Gasteiger charge is -2.34. The molecule has 0 saturated carbocycles. The maximum atomic E-state index is 2.75. The van der Waals surface area contributed by atoms with Gasteiger partial charge in [-0.1, -0.05) is 27.7 Å². The van der Waals surface area contributed by atoms with Crippen LogP contribution in [0.2, 0.25) is 0 Å². The molecule has 1 nitrogen and oxygen atoms in total. The molecule has 1 atom stereocenters. The second kappa shape index (κ2) is 4.99. The van der Waals surface area contributed by atoms with Gasteiger partial charge in [0.25, 0.3) is 0 Å². The Morgan fingerprint density at radius 1 is 1.23 bits per heavy atom.